The zero-order chi connectivity index (χ0) is 28.4. The number of carboxylic acid groups (broad SMARTS) is 1. The molecule has 11 nitrogen and oxygen atoms in total. The molecule has 0 saturated carbocycles. The van der Waals surface area contributed by atoms with Gasteiger partial charge in [0.2, 0.25) is 17.7 Å². The summed E-state index contributed by atoms with van der Waals surface area (Å²) in [6.45, 7) is -0.400. The van der Waals surface area contributed by atoms with Gasteiger partial charge in [-0.3, -0.25) is 14.4 Å². The highest BCUT2D eigenvalue weighted by Gasteiger charge is 2.28. The monoisotopic (exact) mass is 555 g/mol. The number of aromatic amines is 1. The molecule has 0 aliphatic rings. The summed E-state index contributed by atoms with van der Waals surface area (Å²) in [5.41, 5.74) is 8.02. The van der Waals surface area contributed by atoms with Crippen LogP contribution in [0, 0.1) is 0 Å². The molecule has 3 atom stereocenters. The van der Waals surface area contributed by atoms with E-state index in [4.69, 9.17) is 5.73 Å². The van der Waals surface area contributed by atoms with Crippen molar-refractivity contribution < 1.29 is 29.4 Å². The number of aromatic hydroxyl groups is 1. The second kappa shape index (κ2) is 14.2. The van der Waals surface area contributed by atoms with Crippen molar-refractivity contribution in [2.45, 2.75) is 37.4 Å². The van der Waals surface area contributed by atoms with Crippen LogP contribution in [-0.4, -0.2) is 75.6 Å². The van der Waals surface area contributed by atoms with E-state index in [1.165, 1.54) is 12.1 Å². The zero-order valence-corrected chi connectivity index (χ0v) is 22.3. The Hall–Kier alpha value is -4.03. The van der Waals surface area contributed by atoms with E-state index in [0.29, 0.717) is 17.7 Å². The highest BCUT2D eigenvalue weighted by Crippen LogP contribution is 2.19. The van der Waals surface area contributed by atoms with Gasteiger partial charge in [-0.15, -0.1) is 0 Å². The van der Waals surface area contributed by atoms with Gasteiger partial charge < -0.3 is 36.9 Å². The van der Waals surface area contributed by atoms with Crippen molar-refractivity contribution in [3.05, 3.63) is 65.9 Å². The van der Waals surface area contributed by atoms with E-state index in [-0.39, 0.29) is 18.6 Å². The molecule has 3 rings (SSSR count). The van der Waals surface area contributed by atoms with Gasteiger partial charge in [-0.1, -0.05) is 30.3 Å². The molecule has 8 N–H and O–H groups in total. The first-order valence-corrected chi connectivity index (χ1v) is 13.7. The summed E-state index contributed by atoms with van der Waals surface area (Å²) < 4.78 is 0. The SMILES string of the molecule is CSCCC(N)C(=O)NCC(=O)NC(Cc1ccc(O)cc1)C(=O)NC(Cc1c[nH]c2ccccc12)C(=O)O. The molecule has 1 aromatic heterocycles. The molecular weight excluding hydrogens is 522 g/mol. The number of fused-ring (bicyclic) bond motifs is 1. The second-order valence-corrected chi connectivity index (χ2v) is 10.0. The summed E-state index contributed by atoms with van der Waals surface area (Å²) >= 11 is 1.55. The standard InChI is InChI=1S/C27H33N5O6S/c1-39-11-10-20(28)25(35)30-15-24(34)31-22(12-16-6-8-18(33)9-7-16)26(36)32-23(27(37)38)13-17-14-29-21-5-3-2-4-19(17)21/h2-9,14,20,22-23,29,33H,10-13,15,28H2,1H3,(H,30,35)(H,31,34)(H,32,36)(H,37,38). The summed E-state index contributed by atoms with van der Waals surface area (Å²) in [6.07, 6.45) is 4.10. The molecule has 0 saturated heterocycles. The van der Waals surface area contributed by atoms with Crippen molar-refractivity contribution in [3.8, 4) is 5.75 Å². The molecular formula is C27H33N5O6S. The topological polar surface area (TPSA) is 187 Å². The number of amides is 3. The molecule has 1 heterocycles. The Labute approximate surface area is 229 Å². The fourth-order valence-corrected chi connectivity index (χ4v) is 4.48. The Morgan fingerprint density at radius 2 is 1.69 bits per heavy atom. The van der Waals surface area contributed by atoms with Gasteiger partial charge in [0.25, 0.3) is 0 Å². The zero-order valence-electron chi connectivity index (χ0n) is 21.5. The molecule has 2 aromatic carbocycles. The lowest BCUT2D eigenvalue weighted by atomic mass is 10.0. The highest BCUT2D eigenvalue weighted by molar-refractivity contribution is 7.98. The van der Waals surface area contributed by atoms with Gasteiger partial charge in [-0.2, -0.15) is 11.8 Å². The summed E-state index contributed by atoms with van der Waals surface area (Å²) in [5.74, 6) is -2.32. The third-order valence-electron chi connectivity index (χ3n) is 6.13. The van der Waals surface area contributed by atoms with Gasteiger partial charge in [-0.05, 0) is 47.8 Å². The van der Waals surface area contributed by atoms with Gasteiger partial charge in [0.05, 0.1) is 12.6 Å². The van der Waals surface area contributed by atoms with Gasteiger partial charge in [0.15, 0.2) is 0 Å². The number of rotatable bonds is 14. The number of carbonyl (C=O) groups is 4. The Kier molecular flexibility index (Phi) is 10.8. The molecule has 39 heavy (non-hydrogen) atoms. The Morgan fingerprint density at radius 1 is 0.974 bits per heavy atom. The van der Waals surface area contributed by atoms with Crippen LogP contribution in [-0.2, 0) is 32.0 Å². The first kappa shape index (κ1) is 29.5. The number of nitrogens with two attached hydrogens (primary N) is 1. The third kappa shape index (κ3) is 8.76. The van der Waals surface area contributed by atoms with Crippen LogP contribution < -0.4 is 21.7 Å². The predicted molar refractivity (Wildman–Crippen MR) is 149 cm³/mol. The van der Waals surface area contributed by atoms with E-state index in [9.17, 15) is 29.4 Å². The molecule has 0 aliphatic carbocycles. The number of benzene rings is 2. The fourth-order valence-electron chi connectivity index (χ4n) is 3.99. The van der Waals surface area contributed by atoms with E-state index < -0.39 is 48.4 Å². The quantitative estimate of drug-likeness (QED) is 0.153. The molecule has 0 fully saturated rings. The Balaban J connectivity index is 1.70. The number of para-hydroxylation sites is 1. The third-order valence-corrected chi connectivity index (χ3v) is 6.78. The van der Waals surface area contributed by atoms with E-state index in [2.05, 4.69) is 20.9 Å². The summed E-state index contributed by atoms with van der Waals surface area (Å²) in [7, 11) is 0. The first-order chi connectivity index (χ1) is 18.7. The van der Waals surface area contributed by atoms with Crippen LogP contribution in [0.4, 0.5) is 0 Å². The van der Waals surface area contributed by atoms with Crippen LogP contribution in [0.15, 0.2) is 54.7 Å². The number of hydrogen-bond donors (Lipinski definition) is 7. The average molecular weight is 556 g/mol. The number of H-pyrrole nitrogens is 1. The van der Waals surface area contributed by atoms with E-state index in [0.717, 1.165) is 16.5 Å². The van der Waals surface area contributed by atoms with E-state index in [1.54, 1.807) is 30.1 Å². The van der Waals surface area contributed by atoms with E-state index >= 15 is 0 Å². The number of carbonyl (C=O) groups excluding carboxylic acids is 3. The minimum absolute atomic E-state index is 0.0228. The largest absolute Gasteiger partial charge is 0.508 e. The molecule has 0 spiro atoms. The lowest BCUT2D eigenvalue weighted by molar-refractivity contribution is -0.142. The molecule has 0 aliphatic heterocycles. The number of carboxylic acids is 1. The maximum absolute atomic E-state index is 13.3. The van der Waals surface area contributed by atoms with Crippen molar-refractivity contribution in [1.82, 2.24) is 20.9 Å². The highest BCUT2D eigenvalue weighted by atomic mass is 32.2. The lowest BCUT2D eigenvalue weighted by Gasteiger charge is -2.22. The first-order valence-electron chi connectivity index (χ1n) is 12.4. The fraction of sp³-hybridized carbons (Fsp3) is 0.333. The number of phenolic OH excluding ortho intramolecular Hbond substituents is 1. The molecule has 0 bridgehead atoms. The van der Waals surface area contributed by atoms with Crippen molar-refractivity contribution >= 4 is 46.4 Å². The maximum atomic E-state index is 13.3. The van der Waals surface area contributed by atoms with Crippen LogP contribution in [0.25, 0.3) is 10.9 Å². The van der Waals surface area contributed by atoms with Crippen molar-refractivity contribution in [2.24, 2.45) is 5.73 Å². The lowest BCUT2D eigenvalue weighted by Crippen LogP contribution is -2.54. The second-order valence-electron chi connectivity index (χ2n) is 9.06. The Bertz CT molecular complexity index is 1300. The maximum Gasteiger partial charge on any atom is 0.326 e. The molecule has 0 radical (unpaired) electrons. The molecule has 208 valence electrons. The van der Waals surface area contributed by atoms with Crippen molar-refractivity contribution in [3.63, 3.8) is 0 Å². The molecule has 3 aromatic rings. The number of nitrogens with one attached hydrogen (secondary N) is 4. The van der Waals surface area contributed by atoms with Crippen molar-refractivity contribution in [2.75, 3.05) is 18.6 Å². The number of hydrogen-bond acceptors (Lipinski definition) is 7. The molecule has 3 amide bonds. The number of thioether (sulfide) groups is 1. The summed E-state index contributed by atoms with van der Waals surface area (Å²) in [6, 6.07) is 10.3. The Morgan fingerprint density at radius 3 is 2.38 bits per heavy atom. The predicted octanol–water partition coefficient (Wildman–Crippen LogP) is 0.910. The van der Waals surface area contributed by atoms with Gasteiger partial charge >= 0.3 is 5.97 Å². The van der Waals surface area contributed by atoms with Gasteiger partial charge in [0.1, 0.15) is 17.8 Å². The van der Waals surface area contributed by atoms with Gasteiger partial charge in [-0.25, -0.2) is 4.79 Å². The van der Waals surface area contributed by atoms with E-state index in [1.807, 2.05) is 30.5 Å². The van der Waals surface area contributed by atoms with Crippen LogP contribution in [0.3, 0.4) is 0 Å². The number of aromatic nitrogens is 1. The minimum atomic E-state index is -1.26. The minimum Gasteiger partial charge on any atom is -0.508 e. The van der Waals surface area contributed by atoms with Crippen LogP contribution in [0.1, 0.15) is 17.5 Å². The number of aliphatic carboxylic acids is 1. The summed E-state index contributed by atoms with van der Waals surface area (Å²) in [4.78, 5) is 53.2. The molecule has 12 heteroatoms. The van der Waals surface area contributed by atoms with Crippen LogP contribution in [0.5, 0.6) is 5.75 Å². The number of phenols is 1. The average Bonchev–Trinajstić information content (AvgIpc) is 3.33. The van der Waals surface area contributed by atoms with Crippen LogP contribution >= 0.6 is 11.8 Å². The normalized spacial score (nSPS) is 13.3. The molecule has 3 unspecified atom stereocenters. The smallest absolute Gasteiger partial charge is 0.326 e. The van der Waals surface area contributed by atoms with Gasteiger partial charge in [0, 0.05) is 29.9 Å². The van der Waals surface area contributed by atoms with Crippen molar-refractivity contribution in [1.29, 1.82) is 0 Å². The summed E-state index contributed by atoms with van der Waals surface area (Å²) in [5, 5.41) is 27.8. The van der Waals surface area contributed by atoms with Crippen LogP contribution in [0.2, 0.25) is 0 Å².